The molecule has 0 aliphatic heterocycles. The maximum atomic E-state index is 11.5. The molecule has 1 N–H and O–H groups in total. The molecular weight excluding hydrogens is 208 g/mol. The van der Waals surface area contributed by atoms with Crippen molar-refractivity contribution in [2.75, 3.05) is 7.11 Å². The largest absolute Gasteiger partial charge is 0.468 e. The third-order valence-electron chi connectivity index (χ3n) is 2.23. The molecule has 1 unspecified atom stereocenters. The summed E-state index contributed by atoms with van der Waals surface area (Å²) in [4.78, 5) is 11.5. The molecule has 0 amide bonds. The van der Waals surface area contributed by atoms with Crippen LogP contribution in [0.15, 0.2) is 17.0 Å². The van der Waals surface area contributed by atoms with Gasteiger partial charge in [-0.3, -0.25) is 4.79 Å². The lowest BCUT2D eigenvalue weighted by Gasteiger charge is -2.17. The van der Waals surface area contributed by atoms with Gasteiger partial charge in [-0.05, 0) is 12.3 Å². The summed E-state index contributed by atoms with van der Waals surface area (Å²) in [5.41, 5.74) is 0.914. The molecule has 0 aliphatic rings. The molecule has 0 radical (unpaired) electrons. The van der Waals surface area contributed by atoms with Gasteiger partial charge in [0.1, 0.15) is 12.3 Å². The predicted molar refractivity (Wildman–Crippen MR) is 58.6 cm³/mol. The van der Waals surface area contributed by atoms with Crippen molar-refractivity contribution < 1.29 is 14.1 Å². The number of esters is 1. The van der Waals surface area contributed by atoms with Crippen LogP contribution in [-0.2, 0) is 16.1 Å². The van der Waals surface area contributed by atoms with Gasteiger partial charge in [-0.1, -0.05) is 19.0 Å². The average molecular weight is 226 g/mol. The van der Waals surface area contributed by atoms with E-state index in [4.69, 9.17) is 9.26 Å². The SMILES string of the molecule is COC(=O)C(CC(C)C)NCc1cnoc1. The molecule has 0 aliphatic carbocycles. The maximum absolute atomic E-state index is 11.5. The van der Waals surface area contributed by atoms with E-state index in [2.05, 4.69) is 24.3 Å². The number of rotatable bonds is 6. The van der Waals surface area contributed by atoms with E-state index in [1.54, 1.807) is 12.5 Å². The minimum atomic E-state index is -0.278. The van der Waals surface area contributed by atoms with Crippen LogP contribution in [0.1, 0.15) is 25.8 Å². The van der Waals surface area contributed by atoms with E-state index in [-0.39, 0.29) is 12.0 Å². The summed E-state index contributed by atoms with van der Waals surface area (Å²) in [6, 6.07) is -0.278. The Morgan fingerprint density at radius 1 is 1.62 bits per heavy atom. The van der Waals surface area contributed by atoms with Crippen molar-refractivity contribution in [3.8, 4) is 0 Å². The molecule has 90 valence electrons. The summed E-state index contributed by atoms with van der Waals surface area (Å²) in [7, 11) is 1.40. The molecule has 0 saturated heterocycles. The zero-order chi connectivity index (χ0) is 12.0. The molecule has 1 aromatic heterocycles. The van der Waals surface area contributed by atoms with Gasteiger partial charge < -0.3 is 14.6 Å². The van der Waals surface area contributed by atoms with Crippen LogP contribution in [0.5, 0.6) is 0 Å². The van der Waals surface area contributed by atoms with Gasteiger partial charge in [0.15, 0.2) is 0 Å². The van der Waals surface area contributed by atoms with E-state index in [1.807, 2.05) is 0 Å². The number of nitrogens with zero attached hydrogens (tertiary/aromatic N) is 1. The summed E-state index contributed by atoms with van der Waals surface area (Å²) in [6.07, 6.45) is 3.92. The van der Waals surface area contributed by atoms with E-state index in [9.17, 15) is 4.79 Å². The summed E-state index contributed by atoms with van der Waals surface area (Å²) >= 11 is 0. The van der Waals surface area contributed by atoms with Crippen LogP contribution in [0.4, 0.5) is 0 Å². The topological polar surface area (TPSA) is 64.4 Å². The normalized spacial score (nSPS) is 12.8. The van der Waals surface area contributed by atoms with Crippen LogP contribution in [0.3, 0.4) is 0 Å². The predicted octanol–water partition coefficient (Wildman–Crippen LogP) is 1.35. The minimum absolute atomic E-state index is 0.231. The third kappa shape index (κ3) is 4.02. The van der Waals surface area contributed by atoms with Gasteiger partial charge in [-0.2, -0.15) is 0 Å². The Labute approximate surface area is 95.1 Å². The van der Waals surface area contributed by atoms with Crippen LogP contribution < -0.4 is 5.32 Å². The number of hydrogen-bond acceptors (Lipinski definition) is 5. The summed E-state index contributed by atoms with van der Waals surface area (Å²) in [5, 5.41) is 6.72. The highest BCUT2D eigenvalue weighted by Gasteiger charge is 2.19. The number of carbonyl (C=O) groups is 1. The first-order chi connectivity index (χ1) is 7.63. The Kier molecular flexibility index (Phi) is 4.98. The third-order valence-corrected chi connectivity index (χ3v) is 2.23. The van der Waals surface area contributed by atoms with Gasteiger partial charge in [0.05, 0.1) is 13.3 Å². The quantitative estimate of drug-likeness (QED) is 0.742. The zero-order valence-corrected chi connectivity index (χ0v) is 9.90. The number of aromatic nitrogens is 1. The first kappa shape index (κ1) is 12.7. The highest BCUT2D eigenvalue weighted by Crippen LogP contribution is 2.07. The van der Waals surface area contributed by atoms with E-state index in [0.717, 1.165) is 12.0 Å². The second kappa shape index (κ2) is 6.27. The molecule has 0 saturated carbocycles. The molecule has 0 spiro atoms. The Morgan fingerprint density at radius 2 is 2.38 bits per heavy atom. The molecule has 5 nitrogen and oxygen atoms in total. The molecule has 5 heteroatoms. The number of nitrogens with one attached hydrogen (secondary N) is 1. The maximum Gasteiger partial charge on any atom is 0.322 e. The van der Waals surface area contributed by atoms with Gasteiger partial charge in [-0.15, -0.1) is 0 Å². The first-order valence-corrected chi connectivity index (χ1v) is 5.33. The van der Waals surface area contributed by atoms with Gasteiger partial charge >= 0.3 is 5.97 Å². The lowest BCUT2D eigenvalue weighted by atomic mass is 10.0. The molecular formula is C11H18N2O3. The molecule has 1 rings (SSSR count). The number of hydrogen-bond donors (Lipinski definition) is 1. The zero-order valence-electron chi connectivity index (χ0n) is 9.90. The Bertz CT molecular complexity index is 309. The standard InChI is InChI=1S/C11H18N2O3/c1-8(2)4-10(11(14)15-3)12-5-9-6-13-16-7-9/h6-8,10,12H,4-5H2,1-3H3. The second-order valence-corrected chi connectivity index (χ2v) is 4.12. The van der Waals surface area contributed by atoms with E-state index < -0.39 is 0 Å². The van der Waals surface area contributed by atoms with Crippen molar-refractivity contribution in [1.29, 1.82) is 0 Å². The average Bonchev–Trinajstić information content (AvgIpc) is 2.75. The van der Waals surface area contributed by atoms with Crippen LogP contribution >= 0.6 is 0 Å². The van der Waals surface area contributed by atoms with Crippen molar-refractivity contribution in [2.24, 2.45) is 5.92 Å². The highest BCUT2D eigenvalue weighted by molar-refractivity contribution is 5.75. The number of carbonyl (C=O) groups excluding carboxylic acids is 1. The summed E-state index contributed by atoms with van der Waals surface area (Å²) in [5.74, 6) is 0.198. The van der Waals surface area contributed by atoms with Crippen molar-refractivity contribution in [3.05, 3.63) is 18.0 Å². The van der Waals surface area contributed by atoms with Gasteiger partial charge in [-0.25, -0.2) is 0 Å². The van der Waals surface area contributed by atoms with Gasteiger partial charge in [0, 0.05) is 12.1 Å². The first-order valence-electron chi connectivity index (χ1n) is 5.33. The lowest BCUT2D eigenvalue weighted by molar-refractivity contribution is -0.143. The Balaban J connectivity index is 2.46. The van der Waals surface area contributed by atoms with Crippen molar-refractivity contribution in [3.63, 3.8) is 0 Å². The van der Waals surface area contributed by atoms with Crippen LogP contribution in [0.25, 0.3) is 0 Å². The van der Waals surface area contributed by atoms with Gasteiger partial charge in [0.2, 0.25) is 0 Å². The molecule has 0 fully saturated rings. The van der Waals surface area contributed by atoms with E-state index >= 15 is 0 Å². The number of ether oxygens (including phenoxy) is 1. The fourth-order valence-corrected chi connectivity index (χ4v) is 1.43. The van der Waals surface area contributed by atoms with E-state index in [0.29, 0.717) is 12.5 Å². The lowest BCUT2D eigenvalue weighted by Crippen LogP contribution is -2.38. The fraction of sp³-hybridized carbons (Fsp3) is 0.636. The fourth-order valence-electron chi connectivity index (χ4n) is 1.43. The van der Waals surface area contributed by atoms with Crippen LogP contribution in [0.2, 0.25) is 0 Å². The smallest absolute Gasteiger partial charge is 0.322 e. The molecule has 1 aromatic rings. The monoisotopic (exact) mass is 226 g/mol. The van der Waals surface area contributed by atoms with Crippen molar-refractivity contribution >= 4 is 5.97 Å². The molecule has 1 heterocycles. The Hall–Kier alpha value is -1.36. The van der Waals surface area contributed by atoms with Gasteiger partial charge in [0.25, 0.3) is 0 Å². The summed E-state index contributed by atoms with van der Waals surface area (Å²) in [6.45, 7) is 4.68. The molecule has 16 heavy (non-hydrogen) atoms. The molecule has 1 atom stereocenters. The van der Waals surface area contributed by atoms with Crippen molar-refractivity contribution in [1.82, 2.24) is 10.5 Å². The highest BCUT2D eigenvalue weighted by atomic mass is 16.5. The molecule has 0 bridgehead atoms. The second-order valence-electron chi connectivity index (χ2n) is 4.12. The minimum Gasteiger partial charge on any atom is -0.468 e. The van der Waals surface area contributed by atoms with Crippen LogP contribution in [-0.4, -0.2) is 24.3 Å². The molecule has 0 aromatic carbocycles. The van der Waals surface area contributed by atoms with Crippen molar-refractivity contribution in [2.45, 2.75) is 32.9 Å². The van der Waals surface area contributed by atoms with E-state index in [1.165, 1.54) is 7.11 Å². The van der Waals surface area contributed by atoms with Crippen LogP contribution in [0, 0.1) is 5.92 Å². The summed E-state index contributed by atoms with van der Waals surface area (Å²) < 4.78 is 9.45. The number of methoxy groups -OCH3 is 1. The Morgan fingerprint density at radius 3 is 2.88 bits per heavy atom.